The van der Waals surface area contributed by atoms with Crippen LogP contribution in [0.15, 0.2) is 30.5 Å². The monoisotopic (exact) mass is 599 g/mol. The summed E-state index contributed by atoms with van der Waals surface area (Å²) in [5.41, 5.74) is -1.96. The maximum Gasteiger partial charge on any atom is 0.313 e. The lowest BCUT2D eigenvalue weighted by atomic mass is 9.78. The number of halogens is 1. The number of aliphatic hydroxyl groups excluding tert-OH is 7. The van der Waals surface area contributed by atoms with E-state index in [0.717, 1.165) is 0 Å². The summed E-state index contributed by atoms with van der Waals surface area (Å²) in [5, 5.41) is 94.6. The Morgan fingerprint density at radius 1 is 0.971 bits per heavy atom. The maximum atomic E-state index is 11.7. The molecule has 1 aromatic heterocycles. The number of alkyl halides is 1. The highest BCUT2D eigenvalue weighted by atomic mass is 127. The van der Waals surface area contributed by atoms with Gasteiger partial charge in [-0.15, -0.1) is 0 Å². The zero-order valence-electron chi connectivity index (χ0n) is 17.5. The molecule has 2 fully saturated rings. The number of aliphatic hydroxyl groups is 9. The Kier molecular flexibility index (Phi) is 7.02. The molecule has 0 bridgehead atoms. The Labute approximate surface area is 205 Å². The topological polar surface area (TPSA) is 226 Å². The molecule has 0 unspecified atom stereocenters. The predicted octanol–water partition coefficient (Wildman–Crippen LogP) is -3.31. The van der Waals surface area contributed by atoms with Crippen LogP contribution < -0.4 is 0 Å². The first-order valence-corrected chi connectivity index (χ1v) is 11.4. The van der Waals surface area contributed by atoms with E-state index in [-0.39, 0.29) is 5.56 Å². The first-order valence-electron chi connectivity index (χ1n) is 10.3. The summed E-state index contributed by atoms with van der Waals surface area (Å²) in [5.74, 6) is -3.13. The number of hydrogen-bond donors (Lipinski definition) is 10. The first-order chi connectivity index (χ1) is 15.9. The van der Waals surface area contributed by atoms with Crippen LogP contribution in [0, 0.1) is 0 Å². The van der Waals surface area contributed by atoms with Crippen molar-refractivity contribution in [1.82, 2.24) is 4.98 Å². The highest BCUT2D eigenvalue weighted by Gasteiger charge is 2.65. The normalized spacial score (nSPS) is 45.5. The van der Waals surface area contributed by atoms with Crippen molar-refractivity contribution < 1.29 is 60.2 Å². The number of hydrogen-bond acceptors (Lipinski definition) is 12. The third-order valence-electron chi connectivity index (χ3n) is 6.30. The molecule has 0 saturated carbocycles. The van der Waals surface area contributed by atoms with Crippen LogP contribution in [-0.2, 0) is 19.8 Å². The van der Waals surface area contributed by atoms with E-state index < -0.39 is 71.3 Å². The van der Waals surface area contributed by atoms with Crippen LogP contribution in [0.2, 0.25) is 0 Å². The quantitative estimate of drug-likeness (QED) is 0.0927. The summed E-state index contributed by atoms with van der Waals surface area (Å²) in [6.45, 7) is -1.76. The molecule has 190 valence electrons. The second-order valence-electron chi connectivity index (χ2n) is 8.36. The number of para-hydroxylation sites is 1. The number of aromatic amines is 1. The molecule has 2 aromatic rings. The van der Waals surface area contributed by atoms with Crippen LogP contribution in [-0.4, -0.2) is 117 Å². The van der Waals surface area contributed by atoms with Gasteiger partial charge in [-0.2, -0.15) is 0 Å². The van der Waals surface area contributed by atoms with Crippen molar-refractivity contribution in [3.05, 3.63) is 36.0 Å². The van der Waals surface area contributed by atoms with E-state index in [1.165, 1.54) is 28.8 Å². The van der Waals surface area contributed by atoms with E-state index in [1.54, 1.807) is 24.3 Å². The molecule has 2 aliphatic heterocycles. The largest absolute Gasteiger partial charge is 0.394 e. The lowest BCUT2D eigenvalue weighted by Crippen LogP contribution is -2.72. The molecule has 14 heteroatoms. The Morgan fingerprint density at radius 3 is 2.29 bits per heavy atom. The summed E-state index contributed by atoms with van der Waals surface area (Å²) >= 11 is 1.50. The van der Waals surface area contributed by atoms with Crippen molar-refractivity contribution in [2.45, 2.75) is 58.1 Å². The number of rotatable bonds is 5. The van der Waals surface area contributed by atoms with Gasteiger partial charge < -0.3 is 60.4 Å². The van der Waals surface area contributed by atoms with Gasteiger partial charge in [-0.3, -0.25) is 4.74 Å². The zero-order valence-corrected chi connectivity index (χ0v) is 19.6. The third-order valence-corrected chi connectivity index (χ3v) is 7.48. The molecule has 34 heavy (non-hydrogen) atoms. The number of benzene rings is 1. The summed E-state index contributed by atoms with van der Waals surface area (Å²) in [7, 11) is 0. The molecule has 4 rings (SSSR count). The van der Waals surface area contributed by atoms with Gasteiger partial charge in [0.2, 0.25) is 0 Å². The fraction of sp³-hybridized carbons (Fsp3) is 0.600. The summed E-state index contributed by atoms with van der Waals surface area (Å²) in [6, 6.07) is 6.69. The molecule has 13 nitrogen and oxygen atoms in total. The minimum atomic E-state index is -3.13. The highest BCUT2D eigenvalue weighted by Crippen LogP contribution is 2.48. The average molecular weight is 599 g/mol. The van der Waals surface area contributed by atoms with Crippen molar-refractivity contribution in [1.29, 1.82) is 0 Å². The molecule has 0 spiro atoms. The van der Waals surface area contributed by atoms with Gasteiger partial charge >= 0.3 is 5.97 Å². The van der Waals surface area contributed by atoms with Gasteiger partial charge in [0.15, 0.2) is 21.6 Å². The first kappa shape index (κ1) is 26.1. The number of H-pyrrole nitrogens is 1. The van der Waals surface area contributed by atoms with Crippen LogP contribution in [0.5, 0.6) is 0 Å². The number of nitrogens with one attached hydrogen (secondary N) is 1. The molecular formula is C20H26INO12. The molecule has 10 N–H and O–H groups in total. The summed E-state index contributed by atoms with van der Waals surface area (Å²) in [6.07, 6.45) is -12.5. The minimum absolute atomic E-state index is 0.0234. The van der Waals surface area contributed by atoms with E-state index in [1.807, 2.05) is 0 Å². The fourth-order valence-electron chi connectivity index (χ4n) is 4.33. The second-order valence-corrected chi connectivity index (χ2v) is 10.2. The fourth-order valence-corrected chi connectivity index (χ4v) is 5.05. The van der Waals surface area contributed by atoms with E-state index in [0.29, 0.717) is 10.9 Å². The van der Waals surface area contributed by atoms with Crippen LogP contribution in [0.1, 0.15) is 5.56 Å². The Balaban J connectivity index is 1.75. The molecule has 0 aliphatic carbocycles. The Hall–Kier alpha value is -0.990. The highest BCUT2D eigenvalue weighted by molar-refractivity contribution is 14.1. The van der Waals surface area contributed by atoms with E-state index in [2.05, 4.69) is 4.98 Å². The smallest absolute Gasteiger partial charge is 0.313 e. The van der Waals surface area contributed by atoms with Crippen molar-refractivity contribution in [2.24, 2.45) is 0 Å². The van der Waals surface area contributed by atoms with Gasteiger partial charge in [-0.25, -0.2) is 0 Å². The van der Waals surface area contributed by atoms with Gasteiger partial charge in [0, 0.05) is 22.7 Å². The van der Waals surface area contributed by atoms with E-state index in [9.17, 15) is 46.0 Å². The number of ether oxygens (including phenoxy) is 3. The van der Waals surface area contributed by atoms with Gasteiger partial charge in [0.25, 0.3) is 0 Å². The van der Waals surface area contributed by atoms with Crippen LogP contribution in [0.3, 0.4) is 0 Å². The van der Waals surface area contributed by atoms with E-state index >= 15 is 0 Å². The molecule has 1 aromatic carbocycles. The van der Waals surface area contributed by atoms with Gasteiger partial charge in [0.1, 0.15) is 30.5 Å². The van der Waals surface area contributed by atoms with Gasteiger partial charge in [0.05, 0.1) is 13.2 Å². The molecule has 2 saturated heterocycles. The molecular weight excluding hydrogens is 573 g/mol. The summed E-state index contributed by atoms with van der Waals surface area (Å²) < 4.78 is 13.8. The van der Waals surface area contributed by atoms with Crippen molar-refractivity contribution in [3.63, 3.8) is 0 Å². The standard InChI is InChI=1S/C20H26INO12/c21-18(7-24)17(29)19(30,9-5-22-10-4-2-1-3-8(9)10)15(28)16(33-18)34-20(31)14(27)13(26)12(25)11(6-23)32-20/h1-5,11-17,22-31H,6-7H2/t11-,12+,13+,14-,15+,16-,17+,18-,19-,20+/m1/s1. The SMILES string of the molecule is OC[C@H]1O[C@](O)(O[C@H]2O[C@](I)(CO)[C@H](O)[C@@](O)(c3c[nH]c4ccccc34)[C@H]2O)[C@H](O)[C@@H](O)[C@H]1O. The zero-order chi connectivity index (χ0) is 25.1. The molecule has 3 heterocycles. The van der Waals surface area contributed by atoms with Crippen LogP contribution in [0.4, 0.5) is 0 Å². The third kappa shape index (κ3) is 3.86. The predicted molar refractivity (Wildman–Crippen MR) is 119 cm³/mol. The van der Waals surface area contributed by atoms with Crippen LogP contribution >= 0.6 is 22.6 Å². The Bertz CT molecular complexity index is 1020. The number of fused-ring (bicyclic) bond motifs is 1. The van der Waals surface area contributed by atoms with Crippen molar-refractivity contribution in [2.75, 3.05) is 13.2 Å². The number of aromatic nitrogens is 1. The molecule has 2 aliphatic rings. The maximum absolute atomic E-state index is 11.7. The lowest BCUT2D eigenvalue weighted by molar-refractivity contribution is -0.494. The lowest BCUT2D eigenvalue weighted by Gasteiger charge is -2.53. The van der Waals surface area contributed by atoms with Gasteiger partial charge in [-0.1, -0.05) is 18.2 Å². The van der Waals surface area contributed by atoms with Crippen molar-refractivity contribution in [3.8, 4) is 0 Å². The molecule has 0 radical (unpaired) electrons. The van der Waals surface area contributed by atoms with Crippen LogP contribution in [0.25, 0.3) is 10.9 Å². The average Bonchev–Trinajstić information content (AvgIpc) is 3.27. The van der Waals surface area contributed by atoms with Crippen molar-refractivity contribution >= 4 is 33.5 Å². The summed E-state index contributed by atoms with van der Waals surface area (Å²) in [4.78, 5) is 2.90. The minimum Gasteiger partial charge on any atom is -0.394 e. The Morgan fingerprint density at radius 2 is 1.65 bits per heavy atom. The van der Waals surface area contributed by atoms with E-state index in [4.69, 9.17) is 14.2 Å². The van der Waals surface area contributed by atoms with Gasteiger partial charge in [-0.05, 0) is 28.7 Å². The molecule has 0 amide bonds. The second kappa shape index (κ2) is 9.15. The molecule has 10 atom stereocenters.